The van der Waals surface area contributed by atoms with Gasteiger partial charge in [-0.25, -0.2) is 14.1 Å². The largest absolute Gasteiger partial charge is 0.495 e. The van der Waals surface area contributed by atoms with Gasteiger partial charge in [0.2, 0.25) is 5.91 Å². The molecule has 5 amide bonds. The second-order valence-corrected chi connectivity index (χ2v) is 9.90. The maximum absolute atomic E-state index is 13.1. The third kappa shape index (κ3) is 7.54. The Morgan fingerprint density at radius 3 is 2.45 bits per heavy atom. The van der Waals surface area contributed by atoms with Gasteiger partial charge in [-0.15, -0.1) is 0 Å². The van der Waals surface area contributed by atoms with Gasteiger partial charge in [0.15, 0.2) is 18.1 Å². The second-order valence-electron chi connectivity index (χ2n) is 8.73. The molecular formula is C29H26FIN4O7. The van der Waals surface area contributed by atoms with E-state index in [0.29, 0.717) is 44.4 Å². The molecule has 1 aliphatic rings. The van der Waals surface area contributed by atoms with Crippen LogP contribution in [0.3, 0.4) is 0 Å². The van der Waals surface area contributed by atoms with Crippen molar-refractivity contribution in [3.05, 3.63) is 81.3 Å². The Bertz CT molecular complexity index is 1550. The first-order chi connectivity index (χ1) is 20.2. The van der Waals surface area contributed by atoms with Crippen LogP contribution in [-0.2, 0) is 14.4 Å². The molecule has 1 heterocycles. The van der Waals surface area contributed by atoms with Gasteiger partial charge in [-0.3, -0.25) is 14.4 Å². The van der Waals surface area contributed by atoms with E-state index >= 15 is 0 Å². The highest BCUT2D eigenvalue weighted by atomic mass is 127. The van der Waals surface area contributed by atoms with Crippen molar-refractivity contribution in [3.8, 4) is 17.2 Å². The highest BCUT2D eigenvalue weighted by molar-refractivity contribution is 14.1. The van der Waals surface area contributed by atoms with Crippen LogP contribution in [0.5, 0.6) is 17.2 Å². The lowest BCUT2D eigenvalue weighted by molar-refractivity contribution is -0.127. The predicted octanol–water partition coefficient (Wildman–Crippen LogP) is 4.39. The van der Waals surface area contributed by atoms with Crippen molar-refractivity contribution >= 4 is 63.8 Å². The fourth-order valence-corrected chi connectivity index (χ4v) is 4.69. The maximum Gasteiger partial charge on any atom is 0.329 e. The van der Waals surface area contributed by atoms with E-state index in [-0.39, 0.29) is 12.3 Å². The first kappa shape index (κ1) is 30.3. The average molecular weight is 688 g/mol. The lowest BCUT2D eigenvalue weighted by Gasteiger charge is -2.15. The number of methoxy groups -OCH3 is 1. The van der Waals surface area contributed by atoms with Crippen LogP contribution >= 0.6 is 22.6 Å². The Morgan fingerprint density at radius 2 is 1.74 bits per heavy atom. The average Bonchev–Trinajstić information content (AvgIpc) is 3.21. The Hall–Kier alpha value is -4.66. The quantitative estimate of drug-likeness (QED) is 0.155. The van der Waals surface area contributed by atoms with Crippen molar-refractivity contribution in [2.24, 2.45) is 0 Å². The van der Waals surface area contributed by atoms with Crippen LogP contribution in [0.1, 0.15) is 12.5 Å². The number of amides is 5. The highest BCUT2D eigenvalue weighted by Gasteiger charge is 2.35. The van der Waals surface area contributed by atoms with Crippen LogP contribution in [0.4, 0.5) is 20.6 Å². The molecular weight excluding hydrogens is 662 g/mol. The second kappa shape index (κ2) is 13.8. The van der Waals surface area contributed by atoms with Gasteiger partial charge in [0.25, 0.3) is 11.8 Å². The first-order valence-electron chi connectivity index (χ1n) is 12.6. The molecule has 0 aromatic heterocycles. The third-order valence-electron chi connectivity index (χ3n) is 5.76. The zero-order valence-corrected chi connectivity index (χ0v) is 24.7. The molecule has 3 N–H and O–H groups in total. The number of para-hydroxylation sites is 2. The number of rotatable bonds is 11. The minimum atomic E-state index is -0.742. The summed E-state index contributed by atoms with van der Waals surface area (Å²) in [6, 6.07) is 14.6. The van der Waals surface area contributed by atoms with Gasteiger partial charge in [0.05, 0.1) is 23.0 Å². The van der Waals surface area contributed by atoms with E-state index < -0.39 is 36.1 Å². The summed E-state index contributed by atoms with van der Waals surface area (Å²) in [5.74, 6) is -1.08. The van der Waals surface area contributed by atoms with Crippen LogP contribution in [0.25, 0.3) is 6.08 Å². The molecule has 0 aliphatic carbocycles. The molecule has 0 unspecified atom stereocenters. The topological polar surface area (TPSA) is 135 Å². The number of ether oxygens (including phenoxy) is 3. The van der Waals surface area contributed by atoms with E-state index in [1.165, 1.54) is 37.5 Å². The Kier molecular flexibility index (Phi) is 9.96. The molecule has 13 heteroatoms. The number of hydrogen-bond acceptors (Lipinski definition) is 7. The number of nitrogens with zero attached hydrogens (tertiary/aromatic N) is 1. The van der Waals surface area contributed by atoms with Gasteiger partial charge in [-0.2, -0.15) is 0 Å². The number of imide groups is 1. The third-order valence-corrected chi connectivity index (χ3v) is 6.56. The standard InChI is InChI=1S/C29H26FIN4O7/c1-3-41-24-14-17(12-20(31)27(24)42-16-26(37)32-19-10-8-18(30)9-11-19)13-22-28(38)35(29(39)34-22)15-25(36)33-21-6-4-5-7-23(21)40-2/h4-14H,3,15-16H2,1-2H3,(H,32,37)(H,33,36)(H,34,39)/b22-13+. The molecule has 1 aliphatic heterocycles. The van der Waals surface area contributed by atoms with Gasteiger partial charge >= 0.3 is 6.03 Å². The van der Waals surface area contributed by atoms with E-state index in [0.717, 1.165) is 4.90 Å². The van der Waals surface area contributed by atoms with Crippen LogP contribution in [0.15, 0.2) is 66.4 Å². The highest BCUT2D eigenvalue weighted by Crippen LogP contribution is 2.35. The SMILES string of the molecule is CCOc1cc(/C=C2/NC(=O)N(CC(=O)Nc3ccccc3OC)C2=O)cc(I)c1OCC(=O)Nc1ccc(F)cc1. The van der Waals surface area contributed by atoms with Gasteiger partial charge in [0.1, 0.15) is 23.8 Å². The Morgan fingerprint density at radius 1 is 1.00 bits per heavy atom. The van der Waals surface area contributed by atoms with Crippen LogP contribution in [0, 0.1) is 9.39 Å². The summed E-state index contributed by atoms with van der Waals surface area (Å²) in [6.07, 6.45) is 1.45. The minimum Gasteiger partial charge on any atom is -0.495 e. The van der Waals surface area contributed by atoms with E-state index in [4.69, 9.17) is 14.2 Å². The number of anilines is 2. The predicted molar refractivity (Wildman–Crippen MR) is 161 cm³/mol. The molecule has 0 atom stereocenters. The summed E-state index contributed by atoms with van der Waals surface area (Å²) in [5.41, 5.74) is 1.30. The van der Waals surface area contributed by atoms with Gasteiger partial charge in [0, 0.05) is 5.69 Å². The fraction of sp³-hybridized carbons (Fsp3) is 0.172. The summed E-state index contributed by atoms with van der Waals surface area (Å²) < 4.78 is 30.3. The summed E-state index contributed by atoms with van der Waals surface area (Å²) in [5, 5.41) is 7.74. The van der Waals surface area contributed by atoms with Crippen molar-refractivity contribution in [2.75, 3.05) is 37.5 Å². The zero-order valence-electron chi connectivity index (χ0n) is 22.5. The Balaban J connectivity index is 1.44. The van der Waals surface area contributed by atoms with Crippen LogP contribution in [-0.4, -0.2) is 55.5 Å². The number of carbonyl (C=O) groups is 4. The van der Waals surface area contributed by atoms with Gasteiger partial charge < -0.3 is 30.2 Å². The van der Waals surface area contributed by atoms with E-state index in [2.05, 4.69) is 16.0 Å². The minimum absolute atomic E-state index is 0.0318. The molecule has 0 spiro atoms. The van der Waals surface area contributed by atoms with Crippen molar-refractivity contribution in [3.63, 3.8) is 0 Å². The van der Waals surface area contributed by atoms with Crippen molar-refractivity contribution in [1.29, 1.82) is 0 Å². The molecule has 0 saturated carbocycles. The zero-order chi connectivity index (χ0) is 30.2. The Labute approximate surface area is 254 Å². The van der Waals surface area contributed by atoms with Gasteiger partial charge in [-0.1, -0.05) is 12.1 Å². The summed E-state index contributed by atoms with van der Waals surface area (Å²) in [4.78, 5) is 51.2. The number of carbonyl (C=O) groups excluding carboxylic acids is 4. The number of halogens is 2. The number of urea groups is 1. The molecule has 3 aromatic rings. The van der Waals surface area contributed by atoms with Crippen LogP contribution in [0.2, 0.25) is 0 Å². The van der Waals surface area contributed by atoms with Crippen molar-refractivity contribution in [2.45, 2.75) is 6.92 Å². The molecule has 4 rings (SSSR count). The monoisotopic (exact) mass is 688 g/mol. The molecule has 1 fully saturated rings. The fourth-order valence-electron chi connectivity index (χ4n) is 3.91. The van der Waals surface area contributed by atoms with E-state index in [1.54, 1.807) is 43.3 Å². The molecule has 1 saturated heterocycles. The molecule has 42 heavy (non-hydrogen) atoms. The first-order valence-corrected chi connectivity index (χ1v) is 13.7. The molecule has 3 aromatic carbocycles. The normalized spacial score (nSPS) is 13.5. The smallest absolute Gasteiger partial charge is 0.329 e. The molecule has 0 bridgehead atoms. The molecule has 11 nitrogen and oxygen atoms in total. The van der Waals surface area contributed by atoms with Crippen molar-refractivity contribution < 1.29 is 37.8 Å². The summed E-state index contributed by atoms with van der Waals surface area (Å²) in [6.45, 7) is 1.22. The van der Waals surface area contributed by atoms with Crippen LogP contribution < -0.4 is 30.2 Å². The van der Waals surface area contributed by atoms with E-state index in [9.17, 15) is 23.6 Å². The van der Waals surface area contributed by atoms with Gasteiger partial charge in [-0.05, 0) is 89.7 Å². The molecule has 218 valence electrons. The lowest BCUT2D eigenvalue weighted by atomic mass is 10.1. The maximum atomic E-state index is 13.1. The summed E-state index contributed by atoms with van der Waals surface area (Å²) >= 11 is 2.00. The molecule has 0 radical (unpaired) electrons. The number of benzene rings is 3. The summed E-state index contributed by atoms with van der Waals surface area (Å²) in [7, 11) is 1.46. The lowest BCUT2D eigenvalue weighted by Crippen LogP contribution is -2.38. The number of nitrogens with one attached hydrogen (secondary N) is 3. The van der Waals surface area contributed by atoms with Crippen molar-refractivity contribution in [1.82, 2.24) is 10.2 Å². The van der Waals surface area contributed by atoms with E-state index in [1.807, 2.05) is 22.6 Å². The number of hydrogen-bond donors (Lipinski definition) is 3.